The van der Waals surface area contributed by atoms with Gasteiger partial charge in [0.15, 0.2) is 5.13 Å². The van der Waals surface area contributed by atoms with Crippen molar-refractivity contribution in [2.24, 2.45) is 0 Å². The summed E-state index contributed by atoms with van der Waals surface area (Å²) in [5, 5.41) is 2.44. The van der Waals surface area contributed by atoms with E-state index >= 15 is 0 Å². The molecule has 0 radical (unpaired) electrons. The molecule has 0 atom stereocenters. The molecule has 0 spiro atoms. The van der Waals surface area contributed by atoms with Crippen molar-refractivity contribution >= 4 is 22.6 Å². The van der Waals surface area contributed by atoms with Gasteiger partial charge >= 0.3 is 6.09 Å². The highest BCUT2D eigenvalue weighted by Gasteiger charge is 2.11. The lowest BCUT2D eigenvalue weighted by Crippen LogP contribution is -2.25. The van der Waals surface area contributed by atoms with Gasteiger partial charge in [0.25, 0.3) is 0 Å². The van der Waals surface area contributed by atoms with Crippen LogP contribution in [0.1, 0.15) is 0 Å². The molecular weight excluding hydrogens is 164 g/mol. The molecule has 0 N–H and O–H groups in total. The van der Waals surface area contributed by atoms with Gasteiger partial charge in [0.2, 0.25) is 0 Å². The number of carbonyl (C=O) groups excluding carboxylic acids is 1. The lowest BCUT2D eigenvalue weighted by Gasteiger charge is -2.10. The molecule has 0 saturated carbocycles. The summed E-state index contributed by atoms with van der Waals surface area (Å²) in [6.07, 6.45) is 1.24. The normalized spacial score (nSPS) is 9.27. The topological polar surface area (TPSA) is 42.4 Å². The highest BCUT2D eigenvalue weighted by molar-refractivity contribution is 7.13. The quantitative estimate of drug-likeness (QED) is 0.642. The van der Waals surface area contributed by atoms with Crippen LogP contribution in [0.4, 0.5) is 9.93 Å². The second kappa shape index (κ2) is 3.34. The summed E-state index contributed by atoms with van der Waals surface area (Å²) >= 11 is 1.39. The standard InChI is InChI=1S/C6H8N2O2S/c1-8(6(9)10-2)5-7-3-4-11-5/h3-4H,1-2H3. The van der Waals surface area contributed by atoms with E-state index in [1.54, 1.807) is 18.6 Å². The van der Waals surface area contributed by atoms with Crippen molar-refractivity contribution in [3.8, 4) is 0 Å². The van der Waals surface area contributed by atoms with Crippen LogP contribution in [0.2, 0.25) is 0 Å². The van der Waals surface area contributed by atoms with Crippen molar-refractivity contribution in [2.75, 3.05) is 19.1 Å². The molecule has 0 fully saturated rings. The van der Waals surface area contributed by atoms with Crippen LogP contribution in [-0.2, 0) is 4.74 Å². The van der Waals surface area contributed by atoms with E-state index in [-0.39, 0.29) is 0 Å². The van der Waals surface area contributed by atoms with E-state index in [2.05, 4.69) is 9.72 Å². The number of hydrogen-bond donors (Lipinski definition) is 0. The lowest BCUT2D eigenvalue weighted by molar-refractivity contribution is 0.180. The van der Waals surface area contributed by atoms with E-state index in [0.717, 1.165) is 0 Å². The minimum atomic E-state index is -0.403. The van der Waals surface area contributed by atoms with Gasteiger partial charge < -0.3 is 4.74 Å². The minimum Gasteiger partial charge on any atom is -0.452 e. The Kier molecular flexibility index (Phi) is 2.43. The van der Waals surface area contributed by atoms with Crippen molar-refractivity contribution in [2.45, 2.75) is 0 Å². The maximum Gasteiger partial charge on any atom is 0.415 e. The number of anilines is 1. The molecule has 0 aliphatic heterocycles. The van der Waals surface area contributed by atoms with Gasteiger partial charge in [-0.05, 0) is 0 Å². The Bertz CT molecular complexity index is 235. The average molecular weight is 172 g/mol. The summed E-state index contributed by atoms with van der Waals surface area (Å²) in [6, 6.07) is 0. The Hall–Kier alpha value is -1.10. The summed E-state index contributed by atoms with van der Waals surface area (Å²) in [7, 11) is 2.96. The number of hydrogen-bond acceptors (Lipinski definition) is 4. The second-order valence-electron chi connectivity index (χ2n) is 1.84. The summed E-state index contributed by atoms with van der Waals surface area (Å²) in [4.78, 5) is 16.2. The zero-order chi connectivity index (χ0) is 8.27. The largest absolute Gasteiger partial charge is 0.452 e. The van der Waals surface area contributed by atoms with Crippen LogP contribution < -0.4 is 4.90 Å². The summed E-state index contributed by atoms with van der Waals surface area (Å²) < 4.78 is 4.49. The molecule has 4 nitrogen and oxygen atoms in total. The first kappa shape index (κ1) is 8.00. The first-order valence-corrected chi connectivity index (χ1v) is 3.85. The predicted octanol–water partition coefficient (Wildman–Crippen LogP) is 1.35. The van der Waals surface area contributed by atoms with Crippen molar-refractivity contribution in [3.05, 3.63) is 11.6 Å². The Labute approximate surface area is 68.4 Å². The van der Waals surface area contributed by atoms with E-state index < -0.39 is 6.09 Å². The molecule has 1 amide bonds. The van der Waals surface area contributed by atoms with E-state index in [1.165, 1.54) is 23.3 Å². The molecule has 1 aromatic rings. The maximum atomic E-state index is 10.9. The van der Waals surface area contributed by atoms with Crippen molar-refractivity contribution in [3.63, 3.8) is 0 Å². The summed E-state index contributed by atoms with van der Waals surface area (Å²) in [6.45, 7) is 0. The third-order valence-electron chi connectivity index (χ3n) is 1.15. The maximum absolute atomic E-state index is 10.9. The van der Waals surface area contributed by atoms with Crippen LogP contribution in [-0.4, -0.2) is 25.2 Å². The third-order valence-corrected chi connectivity index (χ3v) is 2.00. The van der Waals surface area contributed by atoms with E-state index in [4.69, 9.17) is 0 Å². The Morgan fingerprint density at radius 1 is 1.82 bits per heavy atom. The highest BCUT2D eigenvalue weighted by Crippen LogP contribution is 2.15. The van der Waals surface area contributed by atoms with Crippen molar-refractivity contribution in [1.82, 2.24) is 4.98 Å². The van der Waals surface area contributed by atoms with Gasteiger partial charge in [-0.1, -0.05) is 0 Å². The monoisotopic (exact) mass is 172 g/mol. The third kappa shape index (κ3) is 1.68. The Morgan fingerprint density at radius 2 is 2.55 bits per heavy atom. The first-order chi connectivity index (χ1) is 5.25. The molecular formula is C6H8N2O2S. The Morgan fingerprint density at radius 3 is 3.00 bits per heavy atom. The first-order valence-electron chi connectivity index (χ1n) is 2.97. The van der Waals surface area contributed by atoms with Gasteiger partial charge in [0, 0.05) is 18.6 Å². The fourth-order valence-corrected chi connectivity index (χ4v) is 1.19. The van der Waals surface area contributed by atoms with E-state index in [0.29, 0.717) is 5.13 Å². The van der Waals surface area contributed by atoms with E-state index in [9.17, 15) is 4.79 Å². The molecule has 0 saturated heterocycles. The number of methoxy groups -OCH3 is 1. The lowest BCUT2D eigenvalue weighted by atomic mass is 10.8. The van der Waals surface area contributed by atoms with Gasteiger partial charge in [-0.2, -0.15) is 0 Å². The number of thiazole rings is 1. The van der Waals surface area contributed by atoms with Gasteiger partial charge in [-0.25, -0.2) is 9.78 Å². The molecule has 0 bridgehead atoms. The second-order valence-corrected chi connectivity index (χ2v) is 2.72. The van der Waals surface area contributed by atoms with Crippen LogP contribution in [0.5, 0.6) is 0 Å². The number of amides is 1. The molecule has 60 valence electrons. The molecule has 11 heavy (non-hydrogen) atoms. The Balaban J connectivity index is 2.70. The highest BCUT2D eigenvalue weighted by atomic mass is 32.1. The van der Waals surface area contributed by atoms with Crippen LogP contribution >= 0.6 is 11.3 Å². The molecule has 0 unspecified atom stereocenters. The van der Waals surface area contributed by atoms with Gasteiger partial charge in [0.05, 0.1) is 7.11 Å². The molecule has 0 aliphatic carbocycles. The number of carbonyl (C=O) groups is 1. The van der Waals surface area contributed by atoms with Crippen molar-refractivity contribution < 1.29 is 9.53 Å². The number of aromatic nitrogens is 1. The van der Waals surface area contributed by atoms with Gasteiger partial charge in [-0.3, -0.25) is 4.90 Å². The average Bonchev–Trinajstić information content (AvgIpc) is 2.53. The van der Waals surface area contributed by atoms with Crippen LogP contribution in [0.3, 0.4) is 0 Å². The molecule has 0 aromatic carbocycles. The van der Waals surface area contributed by atoms with E-state index in [1.807, 2.05) is 0 Å². The predicted molar refractivity (Wildman–Crippen MR) is 42.9 cm³/mol. The van der Waals surface area contributed by atoms with Gasteiger partial charge in [-0.15, -0.1) is 11.3 Å². The van der Waals surface area contributed by atoms with Gasteiger partial charge in [0.1, 0.15) is 0 Å². The number of nitrogens with zero attached hydrogens (tertiary/aromatic N) is 2. The molecule has 0 aliphatic rings. The van der Waals surface area contributed by atoms with Crippen LogP contribution in [0.15, 0.2) is 11.6 Å². The zero-order valence-electron chi connectivity index (χ0n) is 6.27. The molecule has 1 rings (SSSR count). The number of ether oxygens (including phenoxy) is 1. The molecule has 1 heterocycles. The summed E-state index contributed by atoms with van der Waals surface area (Å²) in [5.74, 6) is 0. The van der Waals surface area contributed by atoms with Crippen LogP contribution in [0.25, 0.3) is 0 Å². The van der Waals surface area contributed by atoms with Crippen molar-refractivity contribution in [1.29, 1.82) is 0 Å². The fourth-order valence-electron chi connectivity index (χ4n) is 0.597. The zero-order valence-corrected chi connectivity index (χ0v) is 7.09. The smallest absolute Gasteiger partial charge is 0.415 e. The van der Waals surface area contributed by atoms with Crippen LogP contribution in [0, 0.1) is 0 Å². The molecule has 5 heteroatoms. The molecule has 1 aromatic heterocycles. The summed E-state index contributed by atoms with van der Waals surface area (Å²) in [5.41, 5.74) is 0. The minimum absolute atomic E-state index is 0.403. The fraction of sp³-hybridized carbons (Fsp3) is 0.333. The SMILES string of the molecule is COC(=O)N(C)c1nccs1. The number of rotatable bonds is 1.